The van der Waals surface area contributed by atoms with E-state index >= 15 is 0 Å². The summed E-state index contributed by atoms with van der Waals surface area (Å²) in [6, 6.07) is 21.0. The van der Waals surface area contributed by atoms with E-state index in [1.54, 1.807) is 37.3 Å². The Kier molecular flexibility index (Phi) is 7.23. The highest BCUT2D eigenvalue weighted by Gasteiger charge is 2.22. The number of halogens is 2. The number of hydrogen-bond donors (Lipinski definition) is 3. The van der Waals surface area contributed by atoms with Gasteiger partial charge in [0.2, 0.25) is 0 Å². The van der Waals surface area contributed by atoms with Gasteiger partial charge in [0.1, 0.15) is 5.69 Å². The van der Waals surface area contributed by atoms with Crippen LogP contribution in [0.25, 0.3) is 10.9 Å². The van der Waals surface area contributed by atoms with Gasteiger partial charge in [-0.25, -0.2) is 4.68 Å². The fourth-order valence-corrected chi connectivity index (χ4v) is 4.32. The lowest BCUT2D eigenvalue weighted by atomic mass is 10.1. The molecule has 1 heterocycles. The van der Waals surface area contributed by atoms with E-state index in [1.165, 1.54) is 4.68 Å². The zero-order chi connectivity index (χ0) is 25.1. The molecule has 3 N–H and O–H groups in total. The lowest BCUT2D eigenvalue weighted by molar-refractivity contribution is -0.137. The standard InChI is InChI=1S/C26H22BrClN4O3/c1-15-12-19(27)8-10-21(15)30-24(33)23-14-18-13-20(28)9-11-22(18)32(23)31-26(35)25(34)29-16(2)17-6-4-3-5-7-17/h3-14,16H,1-2H3,(H,29,34)(H,30,33)(H,31,35)/t16-/m1/s1. The van der Waals surface area contributed by atoms with Crippen LogP contribution in [0.3, 0.4) is 0 Å². The SMILES string of the molecule is Cc1cc(Br)ccc1NC(=O)c1cc2cc(Cl)ccc2n1NC(=O)C(=O)N[C@H](C)c1ccccc1. The number of amides is 3. The third-order valence-electron chi connectivity index (χ3n) is 5.50. The Labute approximate surface area is 215 Å². The molecule has 7 nitrogen and oxygen atoms in total. The van der Waals surface area contributed by atoms with E-state index in [1.807, 2.05) is 49.4 Å². The van der Waals surface area contributed by atoms with Crippen molar-refractivity contribution in [3.8, 4) is 0 Å². The van der Waals surface area contributed by atoms with Crippen molar-refractivity contribution in [1.82, 2.24) is 9.99 Å². The Morgan fingerprint density at radius 1 is 0.943 bits per heavy atom. The van der Waals surface area contributed by atoms with E-state index in [-0.39, 0.29) is 11.7 Å². The molecule has 178 valence electrons. The summed E-state index contributed by atoms with van der Waals surface area (Å²) in [4.78, 5) is 38.6. The normalized spacial score (nSPS) is 11.7. The average molecular weight is 554 g/mol. The van der Waals surface area contributed by atoms with Gasteiger partial charge < -0.3 is 10.6 Å². The summed E-state index contributed by atoms with van der Waals surface area (Å²) in [5, 5.41) is 6.65. The first-order chi connectivity index (χ1) is 16.7. The number of anilines is 1. The van der Waals surface area contributed by atoms with Gasteiger partial charge in [-0.05, 0) is 67.4 Å². The summed E-state index contributed by atoms with van der Waals surface area (Å²) >= 11 is 9.54. The van der Waals surface area contributed by atoms with Crippen LogP contribution in [0, 0.1) is 6.92 Å². The predicted molar refractivity (Wildman–Crippen MR) is 141 cm³/mol. The molecule has 0 aliphatic heterocycles. The van der Waals surface area contributed by atoms with Crippen LogP contribution in [-0.2, 0) is 9.59 Å². The second kappa shape index (κ2) is 10.3. The number of rotatable bonds is 5. The quantitative estimate of drug-likeness (QED) is 0.282. The molecule has 3 aromatic carbocycles. The Morgan fingerprint density at radius 3 is 2.40 bits per heavy atom. The molecule has 4 rings (SSSR count). The van der Waals surface area contributed by atoms with Gasteiger partial charge in [0.05, 0.1) is 11.6 Å². The minimum Gasteiger partial charge on any atom is -0.341 e. The molecule has 0 saturated carbocycles. The van der Waals surface area contributed by atoms with E-state index in [2.05, 4.69) is 32.0 Å². The van der Waals surface area contributed by atoms with E-state index in [9.17, 15) is 14.4 Å². The summed E-state index contributed by atoms with van der Waals surface area (Å²) in [6.45, 7) is 3.66. The molecular formula is C26H22BrClN4O3. The van der Waals surface area contributed by atoms with Crippen LogP contribution >= 0.6 is 27.5 Å². The second-order valence-corrected chi connectivity index (χ2v) is 9.38. The van der Waals surface area contributed by atoms with Crippen molar-refractivity contribution in [1.29, 1.82) is 0 Å². The summed E-state index contributed by atoms with van der Waals surface area (Å²) in [7, 11) is 0. The Balaban J connectivity index is 1.60. The van der Waals surface area contributed by atoms with E-state index in [4.69, 9.17) is 11.6 Å². The average Bonchev–Trinajstić information content (AvgIpc) is 3.18. The molecule has 4 aromatic rings. The van der Waals surface area contributed by atoms with E-state index in [0.29, 0.717) is 21.6 Å². The van der Waals surface area contributed by atoms with Gasteiger partial charge in [0.25, 0.3) is 5.91 Å². The molecule has 0 bridgehead atoms. The molecule has 0 saturated heterocycles. The van der Waals surface area contributed by atoms with Crippen LogP contribution in [0.5, 0.6) is 0 Å². The van der Waals surface area contributed by atoms with Crippen LogP contribution < -0.4 is 16.1 Å². The van der Waals surface area contributed by atoms with Gasteiger partial charge in [-0.15, -0.1) is 0 Å². The number of benzene rings is 3. The fraction of sp³-hybridized carbons (Fsp3) is 0.115. The Hall–Kier alpha value is -3.62. The minimum atomic E-state index is -0.908. The molecule has 0 spiro atoms. The molecule has 3 amide bonds. The summed E-state index contributed by atoms with van der Waals surface area (Å²) < 4.78 is 2.18. The number of nitrogens with one attached hydrogen (secondary N) is 3. The third kappa shape index (κ3) is 5.55. The molecule has 1 aromatic heterocycles. The number of aromatic nitrogens is 1. The fourth-order valence-electron chi connectivity index (χ4n) is 3.67. The maximum atomic E-state index is 13.2. The van der Waals surface area contributed by atoms with Crippen molar-refractivity contribution >= 4 is 61.8 Å². The number of carbonyl (C=O) groups is 3. The topological polar surface area (TPSA) is 92.2 Å². The van der Waals surface area contributed by atoms with Crippen molar-refractivity contribution in [3.05, 3.63) is 99.1 Å². The molecule has 0 fully saturated rings. The number of fused-ring (bicyclic) bond motifs is 1. The first-order valence-electron chi connectivity index (χ1n) is 10.8. The van der Waals surface area contributed by atoms with Gasteiger partial charge in [-0.3, -0.25) is 19.8 Å². The van der Waals surface area contributed by atoms with Crippen molar-refractivity contribution in [2.24, 2.45) is 0 Å². The zero-order valence-corrected chi connectivity index (χ0v) is 21.3. The molecule has 0 radical (unpaired) electrons. The smallest absolute Gasteiger partial charge is 0.328 e. The van der Waals surface area contributed by atoms with Gasteiger partial charge in [-0.2, -0.15) is 0 Å². The van der Waals surface area contributed by atoms with Gasteiger partial charge in [-0.1, -0.05) is 57.9 Å². The number of carbonyl (C=O) groups excluding carboxylic acids is 3. The number of nitrogens with zero attached hydrogens (tertiary/aromatic N) is 1. The van der Waals surface area contributed by atoms with Crippen LogP contribution in [0.1, 0.15) is 34.6 Å². The summed E-state index contributed by atoms with van der Waals surface area (Å²) in [6.07, 6.45) is 0. The molecule has 1 atom stereocenters. The van der Waals surface area contributed by atoms with Crippen molar-refractivity contribution in [2.75, 3.05) is 10.7 Å². The molecule has 0 aliphatic carbocycles. The highest BCUT2D eigenvalue weighted by molar-refractivity contribution is 9.10. The second-order valence-electron chi connectivity index (χ2n) is 8.03. The highest BCUT2D eigenvalue weighted by atomic mass is 79.9. The summed E-state index contributed by atoms with van der Waals surface area (Å²) in [5.41, 5.74) is 5.55. The Morgan fingerprint density at radius 2 is 1.69 bits per heavy atom. The predicted octanol–water partition coefficient (Wildman–Crippen LogP) is 5.57. The first-order valence-corrected chi connectivity index (χ1v) is 12.0. The highest BCUT2D eigenvalue weighted by Crippen LogP contribution is 2.25. The lowest BCUT2D eigenvalue weighted by Gasteiger charge is -2.16. The van der Waals surface area contributed by atoms with Crippen molar-refractivity contribution in [2.45, 2.75) is 19.9 Å². The molecule has 0 aliphatic rings. The molecular weight excluding hydrogens is 532 g/mol. The van der Waals surface area contributed by atoms with Gasteiger partial charge in [0, 0.05) is 20.6 Å². The Bertz CT molecular complexity index is 1440. The van der Waals surface area contributed by atoms with Crippen LogP contribution in [0.2, 0.25) is 5.02 Å². The number of hydrogen-bond acceptors (Lipinski definition) is 3. The van der Waals surface area contributed by atoms with Gasteiger partial charge in [0.15, 0.2) is 0 Å². The van der Waals surface area contributed by atoms with Crippen LogP contribution in [-0.4, -0.2) is 22.4 Å². The zero-order valence-electron chi connectivity index (χ0n) is 18.9. The van der Waals surface area contributed by atoms with E-state index < -0.39 is 17.7 Å². The van der Waals surface area contributed by atoms with E-state index in [0.717, 1.165) is 15.6 Å². The lowest BCUT2D eigenvalue weighted by Crippen LogP contribution is -2.40. The summed E-state index contributed by atoms with van der Waals surface area (Å²) in [5.74, 6) is -2.19. The van der Waals surface area contributed by atoms with Crippen molar-refractivity contribution in [3.63, 3.8) is 0 Å². The van der Waals surface area contributed by atoms with Gasteiger partial charge >= 0.3 is 11.8 Å². The minimum absolute atomic E-state index is 0.141. The maximum absolute atomic E-state index is 13.2. The largest absolute Gasteiger partial charge is 0.341 e. The molecule has 35 heavy (non-hydrogen) atoms. The maximum Gasteiger partial charge on any atom is 0.328 e. The van der Waals surface area contributed by atoms with Crippen LogP contribution in [0.15, 0.2) is 77.3 Å². The van der Waals surface area contributed by atoms with Crippen molar-refractivity contribution < 1.29 is 14.4 Å². The first kappa shape index (κ1) is 24.5. The number of aryl methyl sites for hydroxylation is 1. The molecule has 0 unspecified atom stereocenters. The monoisotopic (exact) mass is 552 g/mol. The van der Waals surface area contributed by atoms with Crippen LogP contribution in [0.4, 0.5) is 5.69 Å². The molecule has 9 heteroatoms. The third-order valence-corrected chi connectivity index (χ3v) is 6.23.